The van der Waals surface area contributed by atoms with Gasteiger partial charge in [0.1, 0.15) is 11.6 Å². The van der Waals surface area contributed by atoms with Gasteiger partial charge in [0.15, 0.2) is 0 Å². The number of aromatic nitrogens is 2. The predicted molar refractivity (Wildman–Crippen MR) is 75.3 cm³/mol. The molecule has 0 N–H and O–H groups in total. The summed E-state index contributed by atoms with van der Waals surface area (Å²) in [6, 6.07) is 12.7. The second-order valence-corrected chi connectivity index (χ2v) is 4.74. The summed E-state index contributed by atoms with van der Waals surface area (Å²) in [5.41, 5.74) is 3.42. The highest BCUT2D eigenvalue weighted by atomic mass is 35.5. The Balaban J connectivity index is 2.34. The van der Waals surface area contributed by atoms with Crippen molar-refractivity contribution < 1.29 is 4.39 Å². The van der Waals surface area contributed by atoms with E-state index in [1.165, 1.54) is 12.1 Å². The first-order valence-corrected chi connectivity index (χ1v) is 6.52. The molecule has 0 aliphatic rings. The van der Waals surface area contributed by atoms with Gasteiger partial charge in [-0.05, 0) is 42.8 Å². The quantitative estimate of drug-likeness (QED) is 0.640. The minimum atomic E-state index is -0.256. The van der Waals surface area contributed by atoms with Crippen molar-refractivity contribution >= 4 is 22.6 Å². The normalized spacial score (nSPS) is 11.1. The van der Waals surface area contributed by atoms with E-state index in [0.29, 0.717) is 5.82 Å². The molecule has 0 saturated heterocycles. The number of imidazole rings is 1. The number of alkyl halides is 1. The summed E-state index contributed by atoms with van der Waals surface area (Å²) in [4.78, 5) is 4.48. The lowest BCUT2D eigenvalue weighted by Crippen LogP contribution is -2.00. The van der Waals surface area contributed by atoms with Crippen molar-refractivity contribution in [1.29, 1.82) is 0 Å². The number of benzene rings is 2. The van der Waals surface area contributed by atoms with Crippen molar-refractivity contribution in [2.45, 2.75) is 12.8 Å². The Labute approximate surface area is 115 Å². The largest absolute Gasteiger partial charge is 0.295 e. The van der Waals surface area contributed by atoms with Gasteiger partial charge in [-0.3, -0.25) is 4.57 Å². The number of hydrogen-bond acceptors (Lipinski definition) is 1. The van der Waals surface area contributed by atoms with Crippen molar-refractivity contribution in [3.63, 3.8) is 0 Å². The van der Waals surface area contributed by atoms with E-state index >= 15 is 0 Å². The van der Waals surface area contributed by atoms with Gasteiger partial charge in [0.25, 0.3) is 0 Å². The standard InChI is InChI=1S/C15H12ClFN2/c1-10-6-11(17)8-12(7-10)19-14-5-3-2-4-13(14)18-15(19)9-16/h2-8H,9H2,1H3. The van der Waals surface area contributed by atoms with Crippen LogP contribution in [0.4, 0.5) is 4.39 Å². The zero-order valence-electron chi connectivity index (χ0n) is 10.4. The summed E-state index contributed by atoms with van der Waals surface area (Å²) < 4.78 is 15.5. The van der Waals surface area contributed by atoms with Crippen LogP contribution in [0.3, 0.4) is 0 Å². The van der Waals surface area contributed by atoms with Gasteiger partial charge in [0.05, 0.1) is 22.6 Å². The Hall–Kier alpha value is -1.87. The third-order valence-corrected chi connectivity index (χ3v) is 3.27. The van der Waals surface area contributed by atoms with E-state index in [-0.39, 0.29) is 11.7 Å². The van der Waals surface area contributed by atoms with Crippen molar-refractivity contribution in [2.75, 3.05) is 0 Å². The van der Waals surface area contributed by atoms with Crippen molar-refractivity contribution in [1.82, 2.24) is 9.55 Å². The van der Waals surface area contributed by atoms with E-state index in [9.17, 15) is 4.39 Å². The number of fused-ring (bicyclic) bond motifs is 1. The number of nitrogens with zero attached hydrogens (tertiary/aromatic N) is 2. The van der Waals surface area contributed by atoms with E-state index < -0.39 is 0 Å². The highest BCUT2D eigenvalue weighted by Crippen LogP contribution is 2.23. The molecule has 0 radical (unpaired) electrons. The van der Waals surface area contributed by atoms with Gasteiger partial charge in [0, 0.05) is 0 Å². The lowest BCUT2D eigenvalue weighted by molar-refractivity contribution is 0.625. The fourth-order valence-electron chi connectivity index (χ4n) is 2.30. The molecule has 19 heavy (non-hydrogen) atoms. The summed E-state index contributed by atoms with van der Waals surface area (Å²) in [6.07, 6.45) is 0. The monoisotopic (exact) mass is 274 g/mol. The maximum atomic E-state index is 13.6. The fourth-order valence-corrected chi connectivity index (χ4v) is 2.48. The Kier molecular flexibility index (Phi) is 2.99. The molecule has 0 spiro atoms. The first kappa shape index (κ1) is 12.2. The Morgan fingerprint density at radius 3 is 2.74 bits per heavy atom. The number of aryl methyl sites for hydroxylation is 1. The van der Waals surface area contributed by atoms with Crippen LogP contribution in [0, 0.1) is 12.7 Å². The van der Waals surface area contributed by atoms with Gasteiger partial charge in [0.2, 0.25) is 0 Å². The summed E-state index contributed by atoms with van der Waals surface area (Å²) in [5, 5.41) is 0. The number of rotatable bonds is 2. The Morgan fingerprint density at radius 1 is 1.21 bits per heavy atom. The molecule has 96 valence electrons. The van der Waals surface area contributed by atoms with Crippen molar-refractivity contribution in [2.24, 2.45) is 0 Å². The highest BCUT2D eigenvalue weighted by molar-refractivity contribution is 6.17. The lowest BCUT2D eigenvalue weighted by Gasteiger charge is -2.09. The maximum absolute atomic E-state index is 13.6. The van der Waals surface area contributed by atoms with Crippen LogP contribution in [0.2, 0.25) is 0 Å². The van der Waals surface area contributed by atoms with E-state index in [1.807, 2.05) is 41.8 Å². The molecule has 3 rings (SSSR count). The van der Waals surface area contributed by atoms with Crippen LogP contribution < -0.4 is 0 Å². The van der Waals surface area contributed by atoms with Crippen LogP contribution in [0.25, 0.3) is 16.7 Å². The number of para-hydroxylation sites is 2. The predicted octanol–water partition coefficient (Wildman–Crippen LogP) is 4.21. The maximum Gasteiger partial charge on any atom is 0.129 e. The summed E-state index contributed by atoms with van der Waals surface area (Å²) >= 11 is 5.96. The lowest BCUT2D eigenvalue weighted by atomic mass is 10.2. The second-order valence-electron chi connectivity index (χ2n) is 4.47. The van der Waals surface area contributed by atoms with Gasteiger partial charge in [-0.2, -0.15) is 0 Å². The molecule has 0 atom stereocenters. The molecular formula is C15H12ClFN2. The number of hydrogen-bond donors (Lipinski definition) is 0. The first-order chi connectivity index (χ1) is 9.19. The molecular weight excluding hydrogens is 263 g/mol. The highest BCUT2D eigenvalue weighted by Gasteiger charge is 2.12. The molecule has 3 aromatic rings. The van der Waals surface area contributed by atoms with E-state index in [2.05, 4.69) is 4.98 Å². The number of halogens is 2. The van der Waals surface area contributed by atoms with Crippen molar-refractivity contribution in [3.8, 4) is 5.69 Å². The zero-order valence-corrected chi connectivity index (χ0v) is 11.2. The van der Waals surface area contributed by atoms with Gasteiger partial charge < -0.3 is 0 Å². The van der Waals surface area contributed by atoms with Gasteiger partial charge in [-0.25, -0.2) is 9.37 Å². The van der Waals surface area contributed by atoms with Crippen LogP contribution >= 0.6 is 11.6 Å². The summed E-state index contributed by atoms with van der Waals surface area (Å²) in [5.74, 6) is 0.741. The molecule has 0 aliphatic carbocycles. The molecule has 0 fully saturated rings. The molecule has 0 bridgehead atoms. The molecule has 0 saturated carbocycles. The van der Waals surface area contributed by atoms with Crippen LogP contribution in [-0.4, -0.2) is 9.55 Å². The third kappa shape index (κ3) is 2.10. The molecule has 4 heteroatoms. The Bertz CT molecular complexity index is 729. The van der Waals surface area contributed by atoms with Crippen molar-refractivity contribution in [3.05, 3.63) is 59.7 Å². The topological polar surface area (TPSA) is 17.8 Å². The average molecular weight is 275 g/mol. The van der Waals surface area contributed by atoms with E-state index in [4.69, 9.17) is 11.6 Å². The smallest absolute Gasteiger partial charge is 0.129 e. The fraction of sp³-hybridized carbons (Fsp3) is 0.133. The average Bonchev–Trinajstić information content (AvgIpc) is 2.75. The molecule has 2 aromatic carbocycles. The minimum Gasteiger partial charge on any atom is -0.295 e. The summed E-state index contributed by atoms with van der Waals surface area (Å²) in [6.45, 7) is 1.87. The van der Waals surface area contributed by atoms with Crippen LogP contribution in [-0.2, 0) is 5.88 Å². The molecule has 2 nitrogen and oxygen atoms in total. The molecule has 1 aromatic heterocycles. The first-order valence-electron chi connectivity index (χ1n) is 5.99. The molecule has 1 heterocycles. The summed E-state index contributed by atoms with van der Waals surface area (Å²) in [7, 11) is 0. The molecule has 0 aliphatic heterocycles. The van der Waals surface area contributed by atoms with Gasteiger partial charge >= 0.3 is 0 Å². The van der Waals surface area contributed by atoms with Crippen LogP contribution in [0.1, 0.15) is 11.4 Å². The minimum absolute atomic E-state index is 0.256. The van der Waals surface area contributed by atoms with Crippen LogP contribution in [0.5, 0.6) is 0 Å². The van der Waals surface area contributed by atoms with Gasteiger partial charge in [-0.15, -0.1) is 11.6 Å². The molecule has 0 unspecified atom stereocenters. The third-order valence-electron chi connectivity index (χ3n) is 3.03. The van der Waals surface area contributed by atoms with E-state index in [0.717, 1.165) is 22.3 Å². The van der Waals surface area contributed by atoms with Crippen LogP contribution in [0.15, 0.2) is 42.5 Å². The van der Waals surface area contributed by atoms with Gasteiger partial charge in [-0.1, -0.05) is 12.1 Å². The Morgan fingerprint density at radius 2 is 2.00 bits per heavy atom. The van der Waals surface area contributed by atoms with E-state index in [1.54, 1.807) is 0 Å². The SMILES string of the molecule is Cc1cc(F)cc(-n2c(CCl)nc3ccccc32)c1. The molecule has 0 amide bonds. The second kappa shape index (κ2) is 4.67. The zero-order chi connectivity index (χ0) is 13.4.